The number of carbonyl (C=O) groups excluding carboxylic acids is 3. The first-order chi connectivity index (χ1) is 13.0. The van der Waals surface area contributed by atoms with Crippen molar-refractivity contribution < 1.29 is 18.8 Å². The summed E-state index contributed by atoms with van der Waals surface area (Å²) < 4.78 is 5.06. The number of nitrogens with zero attached hydrogens (tertiary/aromatic N) is 2. The Morgan fingerprint density at radius 1 is 1.30 bits per heavy atom. The second-order valence-electron chi connectivity index (χ2n) is 7.26. The van der Waals surface area contributed by atoms with Crippen LogP contribution in [-0.4, -0.2) is 40.6 Å². The van der Waals surface area contributed by atoms with Gasteiger partial charge >= 0.3 is 0 Å². The number of rotatable bonds is 3. The second-order valence-corrected chi connectivity index (χ2v) is 8.26. The quantitative estimate of drug-likeness (QED) is 0.874. The molecular weight excluding hydrogens is 366 g/mol. The fourth-order valence-corrected chi connectivity index (χ4v) is 4.55. The molecule has 0 saturated carbocycles. The average molecular weight is 387 g/mol. The zero-order chi connectivity index (χ0) is 19.0. The third-order valence-corrected chi connectivity index (χ3v) is 6.29. The first-order valence-electron chi connectivity index (χ1n) is 9.18. The number of hydrogen-bond acceptors (Lipinski definition) is 6. The van der Waals surface area contributed by atoms with Crippen molar-refractivity contribution in [3.8, 4) is 0 Å². The molecule has 2 aliphatic rings. The van der Waals surface area contributed by atoms with Crippen LogP contribution in [0.5, 0.6) is 0 Å². The number of ketones is 1. The van der Waals surface area contributed by atoms with E-state index in [1.54, 1.807) is 12.1 Å². The van der Waals surface area contributed by atoms with Gasteiger partial charge in [-0.15, -0.1) is 0 Å². The number of anilines is 1. The maximum atomic E-state index is 12.8. The van der Waals surface area contributed by atoms with E-state index in [1.807, 2.05) is 4.90 Å². The van der Waals surface area contributed by atoms with Crippen LogP contribution in [0.25, 0.3) is 0 Å². The number of fused-ring (bicyclic) bond motifs is 1. The highest BCUT2D eigenvalue weighted by molar-refractivity contribution is 7.17. The number of likely N-dealkylation sites (tertiary alicyclic amines) is 1. The summed E-state index contributed by atoms with van der Waals surface area (Å²) >= 11 is 1.16. The molecule has 8 heteroatoms. The van der Waals surface area contributed by atoms with Crippen LogP contribution in [-0.2, 0) is 11.2 Å². The first kappa shape index (κ1) is 17.9. The van der Waals surface area contributed by atoms with Crippen molar-refractivity contribution in [2.24, 2.45) is 11.8 Å². The Kier molecular flexibility index (Phi) is 4.82. The van der Waals surface area contributed by atoms with Gasteiger partial charge in [-0.25, -0.2) is 4.98 Å². The lowest BCUT2D eigenvalue weighted by Gasteiger charge is -2.33. The number of Topliss-reactive ketones (excluding diaryl/α,β-unsaturated/α-hetero) is 1. The second kappa shape index (κ2) is 7.26. The van der Waals surface area contributed by atoms with Crippen LogP contribution in [0.4, 0.5) is 5.13 Å². The van der Waals surface area contributed by atoms with Gasteiger partial charge in [0.1, 0.15) is 0 Å². The van der Waals surface area contributed by atoms with E-state index >= 15 is 0 Å². The molecule has 0 unspecified atom stereocenters. The highest BCUT2D eigenvalue weighted by Crippen LogP contribution is 2.33. The lowest BCUT2D eigenvalue weighted by Crippen LogP contribution is -2.43. The van der Waals surface area contributed by atoms with Gasteiger partial charge in [0.25, 0.3) is 5.91 Å². The molecule has 3 heterocycles. The van der Waals surface area contributed by atoms with Crippen LogP contribution in [0.1, 0.15) is 52.1 Å². The van der Waals surface area contributed by atoms with E-state index in [4.69, 9.17) is 4.42 Å². The van der Waals surface area contributed by atoms with Crippen molar-refractivity contribution in [1.82, 2.24) is 9.88 Å². The Labute approximate surface area is 160 Å². The van der Waals surface area contributed by atoms with E-state index in [1.165, 1.54) is 6.26 Å². The van der Waals surface area contributed by atoms with Gasteiger partial charge in [-0.05, 0) is 30.9 Å². The lowest BCUT2D eigenvalue weighted by molar-refractivity contribution is -0.137. The molecule has 2 amide bonds. The van der Waals surface area contributed by atoms with Crippen LogP contribution in [0.3, 0.4) is 0 Å². The smallest absolute Gasteiger partial charge is 0.293 e. The number of piperidine rings is 1. The number of aromatic nitrogens is 1. The molecule has 0 bridgehead atoms. The molecule has 2 aromatic heterocycles. The Morgan fingerprint density at radius 3 is 2.78 bits per heavy atom. The third-order valence-electron chi connectivity index (χ3n) is 5.23. The van der Waals surface area contributed by atoms with Crippen molar-refractivity contribution in [3.05, 3.63) is 34.7 Å². The van der Waals surface area contributed by atoms with Gasteiger partial charge in [0, 0.05) is 25.9 Å². The van der Waals surface area contributed by atoms with Gasteiger partial charge in [-0.3, -0.25) is 19.7 Å². The summed E-state index contributed by atoms with van der Waals surface area (Å²) in [6.45, 7) is 3.73. The SMILES string of the molecule is CC1CCN(C(=O)[C@@H]2CC(=O)c3sc(NC(=O)c4ccco4)nc3C2)CC1. The number of carbonyl (C=O) groups is 3. The molecule has 1 aliphatic carbocycles. The Bertz CT molecular complexity index is 866. The van der Waals surface area contributed by atoms with Crippen LogP contribution >= 0.6 is 11.3 Å². The molecule has 1 atom stereocenters. The zero-order valence-corrected chi connectivity index (χ0v) is 15.9. The molecule has 0 aromatic carbocycles. The Hall–Kier alpha value is -2.48. The summed E-state index contributed by atoms with van der Waals surface area (Å²) in [6.07, 6.45) is 4.10. The van der Waals surface area contributed by atoms with E-state index in [-0.39, 0.29) is 29.8 Å². The van der Waals surface area contributed by atoms with Crippen LogP contribution in [0, 0.1) is 11.8 Å². The molecular formula is C19H21N3O4S. The minimum atomic E-state index is -0.409. The van der Waals surface area contributed by atoms with Gasteiger partial charge < -0.3 is 9.32 Å². The van der Waals surface area contributed by atoms with E-state index in [0.717, 1.165) is 37.3 Å². The molecule has 142 valence electrons. The monoisotopic (exact) mass is 387 g/mol. The topological polar surface area (TPSA) is 92.5 Å². The molecule has 1 fully saturated rings. The van der Waals surface area contributed by atoms with E-state index < -0.39 is 5.91 Å². The van der Waals surface area contributed by atoms with Gasteiger partial charge in [-0.1, -0.05) is 18.3 Å². The van der Waals surface area contributed by atoms with Gasteiger partial charge in [0.15, 0.2) is 16.7 Å². The Balaban J connectivity index is 1.46. The highest BCUT2D eigenvalue weighted by Gasteiger charge is 2.36. The predicted molar refractivity (Wildman–Crippen MR) is 99.9 cm³/mol. The van der Waals surface area contributed by atoms with E-state index in [2.05, 4.69) is 17.2 Å². The minimum Gasteiger partial charge on any atom is -0.459 e. The van der Waals surface area contributed by atoms with E-state index in [9.17, 15) is 14.4 Å². The minimum absolute atomic E-state index is 0.0510. The highest BCUT2D eigenvalue weighted by atomic mass is 32.1. The molecule has 4 rings (SSSR count). The summed E-state index contributed by atoms with van der Waals surface area (Å²) in [4.78, 5) is 44.3. The van der Waals surface area contributed by atoms with Crippen molar-refractivity contribution in [3.63, 3.8) is 0 Å². The molecule has 0 radical (unpaired) electrons. The fourth-order valence-electron chi connectivity index (χ4n) is 3.61. The van der Waals surface area contributed by atoms with Gasteiger partial charge in [-0.2, -0.15) is 0 Å². The normalized spacial score (nSPS) is 20.4. The van der Waals surface area contributed by atoms with Crippen molar-refractivity contribution in [2.45, 2.75) is 32.6 Å². The van der Waals surface area contributed by atoms with Crippen molar-refractivity contribution >= 4 is 34.1 Å². The number of furan rings is 1. The molecule has 1 saturated heterocycles. The van der Waals surface area contributed by atoms with Crippen LogP contribution in [0.15, 0.2) is 22.8 Å². The molecule has 7 nitrogen and oxygen atoms in total. The molecule has 0 spiro atoms. The van der Waals surface area contributed by atoms with Crippen LogP contribution < -0.4 is 5.32 Å². The van der Waals surface area contributed by atoms with Gasteiger partial charge in [0.05, 0.1) is 22.8 Å². The summed E-state index contributed by atoms with van der Waals surface area (Å²) in [5.41, 5.74) is 0.606. The third kappa shape index (κ3) is 3.66. The largest absolute Gasteiger partial charge is 0.459 e. The van der Waals surface area contributed by atoms with Crippen molar-refractivity contribution in [2.75, 3.05) is 18.4 Å². The molecule has 2 aromatic rings. The molecule has 1 aliphatic heterocycles. The average Bonchev–Trinajstić information content (AvgIpc) is 3.31. The number of amides is 2. The maximum absolute atomic E-state index is 12.8. The number of hydrogen-bond donors (Lipinski definition) is 1. The predicted octanol–water partition coefficient (Wildman–Crippen LogP) is 2.99. The fraction of sp³-hybridized carbons (Fsp3) is 0.474. The summed E-state index contributed by atoms with van der Waals surface area (Å²) in [5.74, 6) is 0.0446. The molecule has 27 heavy (non-hydrogen) atoms. The Morgan fingerprint density at radius 2 is 2.07 bits per heavy atom. The van der Waals surface area contributed by atoms with Gasteiger partial charge in [0.2, 0.25) is 5.91 Å². The summed E-state index contributed by atoms with van der Waals surface area (Å²) in [6, 6.07) is 3.19. The standard InChI is InChI=1S/C19H21N3O4S/c1-11-4-6-22(7-5-11)18(25)12-9-13-16(14(23)10-12)27-19(20-13)21-17(24)15-3-2-8-26-15/h2-3,8,11-12H,4-7,9-10H2,1H3,(H,20,21,24)/t12-/m0/s1. The first-order valence-corrected chi connectivity index (χ1v) is 9.99. The number of thiazole rings is 1. The van der Waals surface area contributed by atoms with Crippen molar-refractivity contribution in [1.29, 1.82) is 0 Å². The summed E-state index contributed by atoms with van der Waals surface area (Å²) in [7, 11) is 0. The number of nitrogens with one attached hydrogen (secondary N) is 1. The van der Waals surface area contributed by atoms with E-state index in [0.29, 0.717) is 28.0 Å². The lowest BCUT2D eigenvalue weighted by atomic mass is 9.88. The maximum Gasteiger partial charge on any atom is 0.293 e. The van der Waals surface area contributed by atoms with Crippen LogP contribution in [0.2, 0.25) is 0 Å². The molecule has 1 N–H and O–H groups in total. The summed E-state index contributed by atoms with van der Waals surface area (Å²) in [5, 5.41) is 3.02. The zero-order valence-electron chi connectivity index (χ0n) is 15.1.